The molecule has 0 bridgehead atoms. The van der Waals surface area contributed by atoms with Gasteiger partial charge in [-0.15, -0.1) is 0 Å². The van der Waals surface area contributed by atoms with E-state index in [4.69, 9.17) is 21.7 Å². The SMILES string of the molecule is CCC(C)C(NC(=O)C(N)CC(N)=O)C(=O)N1CCCC1C(=O)NC(CC(=O)O)C(=O)O. The number of nitrogens with two attached hydrogens (primary N) is 2. The van der Waals surface area contributed by atoms with Gasteiger partial charge >= 0.3 is 11.9 Å². The molecule has 0 aromatic rings. The van der Waals surface area contributed by atoms with Gasteiger partial charge in [-0.3, -0.25) is 24.0 Å². The van der Waals surface area contributed by atoms with E-state index in [0.717, 1.165) is 0 Å². The number of nitrogens with zero attached hydrogens (tertiary/aromatic N) is 1. The first-order valence-corrected chi connectivity index (χ1v) is 10.3. The summed E-state index contributed by atoms with van der Waals surface area (Å²) in [7, 11) is 0. The number of nitrogens with one attached hydrogen (secondary N) is 2. The van der Waals surface area contributed by atoms with Crippen molar-refractivity contribution >= 4 is 35.6 Å². The molecule has 1 rings (SSSR count). The van der Waals surface area contributed by atoms with Crippen LogP contribution in [0.25, 0.3) is 0 Å². The molecule has 0 radical (unpaired) electrons. The van der Waals surface area contributed by atoms with Gasteiger partial charge in [0.25, 0.3) is 0 Å². The molecule has 1 saturated heterocycles. The number of hydrogen-bond donors (Lipinski definition) is 6. The largest absolute Gasteiger partial charge is 0.481 e. The normalized spacial score (nSPS) is 19.3. The average molecular weight is 457 g/mol. The number of rotatable bonds is 12. The fourth-order valence-corrected chi connectivity index (χ4v) is 3.38. The minimum absolute atomic E-state index is 0.198. The summed E-state index contributed by atoms with van der Waals surface area (Å²) in [4.78, 5) is 72.6. The number of hydrogen-bond acceptors (Lipinski definition) is 7. The van der Waals surface area contributed by atoms with Crippen LogP contribution in [0.5, 0.6) is 0 Å². The quantitative estimate of drug-likeness (QED) is 0.186. The summed E-state index contributed by atoms with van der Waals surface area (Å²) in [6, 6.07) is -4.93. The Kier molecular flexibility index (Phi) is 10.0. The summed E-state index contributed by atoms with van der Waals surface area (Å²) in [6.45, 7) is 3.72. The average Bonchev–Trinajstić information content (AvgIpc) is 3.19. The van der Waals surface area contributed by atoms with Gasteiger partial charge in [-0.2, -0.15) is 0 Å². The van der Waals surface area contributed by atoms with E-state index in [1.165, 1.54) is 4.90 Å². The van der Waals surface area contributed by atoms with E-state index in [-0.39, 0.29) is 18.9 Å². The van der Waals surface area contributed by atoms with Crippen LogP contribution >= 0.6 is 0 Å². The maximum atomic E-state index is 13.2. The van der Waals surface area contributed by atoms with Crippen molar-refractivity contribution in [1.29, 1.82) is 0 Å². The molecule has 0 spiro atoms. The minimum atomic E-state index is -1.64. The zero-order valence-electron chi connectivity index (χ0n) is 18.1. The molecule has 1 aliphatic rings. The van der Waals surface area contributed by atoms with E-state index < -0.39 is 72.6 Å². The van der Waals surface area contributed by atoms with E-state index in [1.54, 1.807) is 13.8 Å². The van der Waals surface area contributed by atoms with Crippen LogP contribution in [0.1, 0.15) is 46.0 Å². The van der Waals surface area contributed by atoms with Crippen molar-refractivity contribution in [2.75, 3.05) is 6.54 Å². The molecular weight excluding hydrogens is 426 g/mol. The molecule has 32 heavy (non-hydrogen) atoms. The second-order valence-corrected chi connectivity index (χ2v) is 7.84. The molecule has 0 aromatic heterocycles. The minimum Gasteiger partial charge on any atom is -0.481 e. The number of primary amides is 1. The van der Waals surface area contributed by atoms with Crippen molar-refractivity contribution in [2.24, 2.45) is 17.4 Å². The Morgan fingerprint density at radius 1 is 1.09 bits per heavy atom. The standard InChI is InChI=1S/C19H31N5O8/c1-3-9(2)15(23-16(28)10(20)7-13(21)25)18(30)24-6-4-5-12(24)17(29)22-11(19(31)32)8-14(26)27/h9-12,15H,3-8,20H2,1-2H3,(H2,21,25)(H,22,29)(H,23,28)(H,26,27)(H,31,32). The van der Waals surface area contributed by atoms with Crippen molar-refractivity contribution < 1.29 is 39.0 Å². The van der Waals surface area contributed by atoms with Crippen molar-refractivity contribution in [1.82, 2.24) is 15.5 Å². The molecule has 13 nitrogen and oxygen atoms in total. The Bertz CT molecular complexity index is 758. The number of carbonyl (C=O) groups excluding carboxylic acids is 4. The van der Waals surface area contributed by atoms with Crippen LogP contribution in [0.4, 0.5) is 0 Å². The van der Waals surface area contributed by atoms with Crippen molar-refractivity contribution in [3.63, 3.8) is 0 Å². The second kappa shape index (κ2) is 12.0. The zero-order valence-corrected chi connectivity index (χ0v) is 18.1. The molecule has 5 unspecified atom stereocenters. The first-order chi connectivity index (χ1) is 14.9. The Labute approximate surface area is 184 Å². The summed E-state index contributed by atoms with van der Waals surface area (Å²) < 4.78 is 0. The van der Waals surface area contributed by atoms with Crippen molar-refractivity contribution in [3.05, 3.63) is 0 Å². The molecule has 4 amide bonds. The predicted octanol–water partition coefficient (Wildman–Crippen LogP) is -2.24. The number of carboxylic acids is 2. The fourth-order valence-electron chi connectivity index (χ4n) is 3.38. The fraction of sp³-hybridized carbons (Fsp3) is 0.684. The highest BCUT2D eigenvalue weighted by Gasteiger charge is 2.40. The third kappa shape index (κ3) is 7.48. The number of carbonyl (C=O) groups is 6. The summed E-state index contributed by atoms with van der Waals surface area (Å²) in [6.07, 6.45) is 0.00153. The summed E-state index contributed by atoms with van der Waals surface area (Å²) >= 11 is 0. The molecule has 5 atom stereocenters. The lowest BCUT2D eigenvalue weighted by Gasteiger charge is -2.32. The van der Waals surface area contributed by atoms with Crippen molar-refractivity contribution in [3.8, 4) is 0 Å². The highest BCUT2D eigenvalue weighted by molar-refractivity contribution is 5.95. The number of carboxylic acid groups (broad SMARTS) is 2. The van der Waals surface area contributed by atoms with E-state index in [1.807, 2.05) is 0 Å². The maximum Gasteiger partial charge on any atom is 0.326 e. The molecule has 0 aliphatic carbocycles. The lowest BCUT2D eigenvalue weighted by molar-refractivity contribution is -0.148. The summed E-state index contributed by atoms with van der Waals surface area (Å²) in [5.41, 5.74) is 10.7. The maximum absolute atomic E-state index is 13.2. The molecule has 180 valence electrons. The third-order valence-electron chi connectivity index (χ3n) is 5.37. The molecular formula is C19H31N5O8. The molecule has 13 heteroatoms. The predicted molar refractivity (Wildman–Crippen MR) is 110 cm³/mol. The van der Waals surface area contributed by atoms with Crippen LogP contribution < -0.4 is 22.1 Å². The molecule has 1 heterocycles. The Morgan fingerprint density at radius 3 is 2.22 bits per heavy atom. The van der Waals surface area contributed by atoms with Gasteiger partial charge in [-0.05, 0) is 18.8 Å². The molecule has 0 aromatic carbocycles. The highest BCUT2D eigenvalue weighted by Crippen LogP contribution is 2.22. The van der Waals surface area contributed by atoms with Gasteiger partial charge in [0.15, 0.2) is 0 Å². The highest BCUT2D eigenvalue weighted by atomic mass is 16.4. The van der Waals surface area contributed by atoms with Crippen LogP contribution in [0.2, 0.25) is 0 Å². The molecule has 0 saturated carbocycles. The summed E-state index contributed by atoms with van der Waals surface area (Å²) in [5, 5.41) is 22.7. The second-order valence-electron chi connectivity index (χ2n) is 7.84. The lowest BCUT2D eigenvalue weighted by Crippen LogP contribution is -2.58. The van der Waals surface area contributed by atoms with E-state index in [0.29, 0.717) is 12.8 Å². The number of likely N-dealkylation sites (tertiary alicyclic amines) is 1. The Balaban J connectivity index is 2.99. The topological polar surface area (TPSA) is 222 Å². The van der Waals surface area contributed by atoms with Crippen LogP contribution in [0, 0.1) is 5.92 Å². The van der Waals surface area contributed by atoms with Crippen LogP contribution in [0.3, 0.4) is 0 Å². The van der Waals surface area contributed by atoms with Crippen molar-refractivity contribution in [2.45, 2.75) is 70.1 Å². The van der Waals surface area contributed by atoms with Gasteiger partial charge in [0, 0.05) is 6.54 Å². The monoisotopic (exact) mass is 457 g/mol. The van der Waals surface area contributed by atoms with Gasteiger partial charge in [-0.25, -0.2) is 4.79 Å². The molecule has 1 fully saturated rings. The first kappa shape index (κ1) is 26.8. The zero-order chi connectivity index (χ0) is 24.6. The van der Waals surface area contributed by atoms with E-state index in [2.05, 4.69) is 10.6 Å². The van der Waals surface area contributed by atoms with E-state index >= 15 is 0 Å². The lowest BCUT2D eigenvalue weighted by atomic mass is 9.96. The van der Waals surface area contributed by atoms with Gasteiger partial charge in [-0.1, -0.05) is 20.3 Å². The molecule has 1 aliphatic heterocycles. The van der Waals surface area contributed by atoms with Gasteiger partial charge < -0.3 is 37.2 Å². The van der Waals surface area contributed by atoms with E-state index in [9.17, 15) is 28.8 Å². The Hall–Kier alpha value is -3.22. The van der Waals surface area contributed by atoms with Gasteiger partial charge in [0.1, 0.15) is 18.1 Å². The third-order valence-corrected chi connectivity index (χ3v) is 5.37. The first-order valence-electron chi connectivity index (χ1n) is 10.3. The molecule has 8 N–H and O–H groups in total. The number of aliphatic carboxylic acids is 2. The smallest absolute Gasteiger partial charge is 0.326 e. The Morgan fingerprint density at radius 2 is 1.72 bits per heavy atom. The van der Waals surface area contributed by atoms with Gasteiger partial charge in [0.2, 0.25) is 23.6 Å². The van der Waals surface area contributed by atoms with Crippen LogP contribution in [-0.4, -0.2) is 81.4 Å². The van der Waals surface area contributed by atoms with Gasteiger partial charge in [0.05, 0.1) is 18.9 Å². The number of amides is 4. The van der Waals surface area contributed by atoms with Crippen LogP contribution in [0.15, 0.2) is 0 Å². The van der Waals surface area contributed by atoms with Crippen LogP contribution in [-0.2, 0) is 28.8 Å². The summed E-state index contributed by atoms with van der Waals surface area (Å²) in [5.74, 6) is -6.10.